The minimum absolute atomic E-state index is 0.400. The van der Waals surface area contributed by atoms with Gasteiger partial charge < -0.3 is 4.90 Å². The second kappa shape index (κ2) is 6.56. The molecule has 1 unspecified atom stereocenters. The fraction of sp³-hybridized carbons (Fsp3) is 0.308. The fourth-order valence-electron chi connectivity index (χ4n) is 4.79. The first-order chi connectivity index (χ1) is 13.0. The number of unbranched alkanes of at least 4 members (excludes halogenated alkanes) is 2. The third-order valence-corrected chi connectivity index (χ3v) is 6.22. The smallest absolute Gasteiger partial charge is 0.0420 e. The summed E-state index contributed by atoms with van der Waals surface area (Å²) >= 11 is 0. The molecule has 1 atom stereocenters. The molecule has 4 rings (SSSR count). The lowest BCUT2D eigenvalue weighted by Crippen LogP contribution is -2.32. The molecule has 0 saturated heterocycles. The Kier molecular flexibility index (Phi) is 4.34. The molecule has 2 aromatic rings. The summed E-state index contributed by atoms with van der Waals surface area (Å²) < 4.78 is 0. The van der Waals surface area contributed by atoms with Crippen molar-refractivity contribution in [1.29, 1.82) is 0 Å². The van der Waals surface area contributed by atoms with Crippen LogP contribution in [0.5, 0.6) is 0 Å². The fourth-order valence-corrected chi connectivity index (χ4v) is 4.79. The van der Waals surface area contributed by atoms with Crippen LogP contribution < -0.4 is 0 Å². The molecule has 0 fully saturated rings. The van der Waals surface area contributed by atoms with Gasteiger partial charge in [0.05, 0.1) is 0 Å². The van der Waals surface area contributed by atoms with Crippen molar-refractivity contribution in [2.45, 2.75) is 52.0 Å². The third kappa shape index (κ3) is 2.60. The molecule has 0 spiro atoms. The average Bonchev–Trinajstić information content (AvgIpc) is 2.64. The monoisotopic (exact) mass is 355 g/mol. The molecular formula is C26H29N. The van der Waals surface area contributed by atoms with Crippen LogP contribution >= 0.6 is 0 Å². The second-order valence-corrected chi connectivity index (χ2v) is 8.06. The second-order valence-electron chi connectivity index (χ2n) is 8.06. The van der Waals surface area contributed by atoms with Crippen molar-refractivity contribution in [3.63, 3.8) is 0 Å². The summed E-state index contributed by atoms with van der Waals surface area (Å²) in [7, 11) is 0. The lowest BCUT2D eigenvalue weighted by atomic mass is 9.78. The van der Waals surface area contributed by atoms with Gasteiger partial charge in [-0.15, -0.1) is 0 Å². The van der Waals surface area contributed by atoms with Crippen molar-refractivity contribution in [1.82, 2.24) is 4.90 Å². The maximum atomic E-state index is 4.48. The normalized spacial score (nSPS) is 17.0. The van der Waals surface area contributed by atoms with Crippen LogP contribution in [0.4, 0.5) is 0 Å². The van der Waals surface area contributed by atoms with Crippen molar-refractivity contribution in [2.24, 2.45) is 0 Å². The quantitative estimate of drug-likeness (QED) is 0.502. The molecule has 0 saturated carbocycles. The van der Waals surface area contributed by atoms with E-state index in [0.29, 0.717) is 6.04 Å². The van der Waals surface area contributed by atoms with Gasteiger partial charge in [-0.1, -0.05) is 76.8 Å². The predicted molar refractivity (Wildman–Crippen MR) is 120 cm³/mol. The summed E-state index contributed by atoms with van der Waals surface area (Å²) in [6.07, 6.45) is 5.78. The molecule has 1 nitrogen and oxygen atoms in total. The van der Waals surface area contributed by atoms with Crippen molar-refractivity contribution in [2.75, 3.05) is 0 Å². The molecule has 0 amide bonds. The van der Waals surface area contributed by atoms with E-state index in [1.807, 2.05) is 0 Å². The lowest BCUT2D eigenvalue weighted by molar-refractivity contribution is 0.389. The third-order valence-electron chi connectivity index (χ3n) is 6.22. The summed E-state index contributed by atoms with van der Waals surface area (Å²) in [6, 6.07) is 9.30. The van der Waals surface area contributed by atoms with E-state index < -0.39 is 0 Å². The van der Waals surface area contributed by atoms with E-state index >= 15 is 0 Å². The Labute approximate surface area is 163 Å². The van der Waals surface area contributed by atoms with Gasteiger partial charge in [0.2, 0.25) is 0 Å². The van der Waals surface area contributed by atoms with Gasteiger partial charge >= 0.3 is 0 Å². The van der Waals surface area contributed by atoms with E-state index in [9.17, 15) is 0 Å². The maximum Gasteiger partial charge on any atom is 0.0420 e. The molecule has 2 aromatic carbocycles. The zero-order valence-corrected chi connectivity index (χ0v) is 16.7. The summed E-state index contributed by atoms with van der Waals surface area (Å²) in [5.74, 6) is 0. The number of benzene rings is 2. The van der Waals surface area contributed by atoms with Gasteiger partial charge in [-0.2, -0.15) is 0 Å². The van der Waals surface area contributed by atoms with E-state index in [0.717, 1.165) is 35.4 Å². The Hall–Kier alpha value is -2.54. The molecule has 0 radical (unpaired) electrons. The number of hydrogen-bond donors (Lipinski definition) is 0. The Balaban J connectivity index is 1.87. The van der Waals surface area contributed by atoms with E-state index in [4.69, 9.17) is 0 Å². The van der Waals surface area contributed by atoms with E-state index in [-0.39, 0.29) is 0 Å². The molecule has 0 bridgehead atoms. The van der Waals surface area contributed by atoms with Gasteiger partial charge in [0.1, 0.15) is 0 Å². The highest BCUT2D eigenvalue weighted by atomic mass is 15.2. The molecule has 1 heteroatoms. The zero-order chi connectivity index (χ0) is 19.3. The van der Waals surface area contributed by atoms with E-state index in [1.54, 1.807) is 0 Å². The average molecular weight is 356 g/mol. The Morgan fingerprint density at radius 1 is 0.815 bits per heavy atom. The van der Waals surface area contributed by atoms with Crippen LogP contribution in [0.15, 0.2) is 50.6 Å². The Morgan fingerprint density at radius 2 is 1.30 bits per heavy atom. The first-order valence-electron chi connectivity index (χ1n) is 10.1. The Morgan fingerprint density at radius 3 is 1.81 bits per heavy atom. The van der Waals surface area contributed by atoms with E-state index in [1.165, 1.54) is 52.3 Å². The van der Waals surface area contributed by atoms with Crippen molar-refractivity contribution in [3.05, 3.63) is 72.8 Å². The van der Waals surface area contributed by atoms with Gasteiger partial charge in [0, 0.05) is 33.9 Å². The number of nitrogens with zero attached hydrogens (tertiary/aromatic N) is 1. The number of rotatable bonds is 5. The molecule has 1 heterocycles. The molecule has 2 aliphatic rings. The minimum Gasteiger partial charge on any atom is -0.339 e. The van der Waals surface area contributed by atoms with Crippen molar-refractivity contribution >= 4 is 33.3 Å². The van der Waals surface area contributed by atoms with Crippen LogP contribution in [0, 0.1) is 0 Å². The van der Waals surface area contributed by atoms with Crippen LogP contribution in [0.1, 0.15) is 68.2 Å². The first-order valence-corrected chi connectivity index (χ1v) is 10.1. The maximum absolute atomic E-state index is 4.48. The predicted octanol–water partition coefficient (Wildman–Crippen LogP) is 7.50. The van der Waals surface area contributed by atoms with Gasteiger partial charge in [-0.3, -0.25) is 0 Å². The SMILES string of the molecule is C=C1CC(=C)c2ccc3c4c(ccc1c24)C(=C)N(C(C)CCCCC)C3=C. The first kappa shape index (κ1) is 17.9. The van der Waals surface area contributed by atoms with Crippen LogP contribution in [0.3, 0.4) is 0 Å². The molecule has 0 N–H and O–H groups in total. The van der Waals surface area contributed by atoms with Crippen molar-refractivity contribution < 1.29 is 0 Å². The molecule has 138 valence electrons. The molecule has 0 aromatic heterocycles. The van der Waals surface area contributed by atoms with Gasteiger partial charge in [-0.05, 0) is 47.4 Å². The minimum atomic E-state index is 0.400. The molecular weight excluding hydrogens is 326 g/mol. The van der Waals surface area contributed by atoms with Crippen LogP contribution in [-0.4, -0.2) is 10.9 Å². The molecule has 1 aliphatic carbocycles. The topological polar surface area (TPSA) is 3.24 Å². The highest BCUT2D eigenvalue weighted by Crippen LogP contribution is 2.49. The Bertz CT molecular complexity index is 936. The summed E-state index contributed by atoms with van der Waals surface area (Å²) in [5, 5.41) is 2.56. The van der Waals surface area contributed by atoms with Crippen molar-refractivity contribution in [3.8, 4) is 0 Å². The zero-order valence-electron chi connectivity index (χ0n) is 16.7. The largest absolute Gasteiger partial charge is 0.339 e. The van der Waals surface area contributed by atoms with Crippen LogP contribution in [-0.2, 0) is 0 Å². The number of allylic oxidation sites excluding steroid dienone is 2. The van der Waals surface area contributed by atoms with Crippen LogP contribution in [0.25, 0.3) is 33.3 Å². The summed E-state index contributed by atoms with van der Waals surface area (Å²) in [5.41, 5.74) is 9.41. The van der Waals surface area contributed by atoms with Gasteiger partial charge in [0.25, 0.3) is 0 Å². The highest BCUT2D eigenvalue weighted by molar-refractivity contribution is 6.14. The standard InChI is InChI=1S/C26H29N/c1-7-8-9-10-18(4)27-19(5)23-13-11-21-16(2)15-17(3)22-12-14-24(20(27)6)26(23)25(21)22/h11-14,18H,2-3,5-10,15H2,1,4H3. The van der Waals surface area contributed by atoms with E-state index in [2.05, 4.69) is 69.3 Å². The van der Waals surface area contributed by atoms with Gasteiger partial charge in [-0.25, -0.2) is 0 Å². The molecule has 1 aliphatic heterocycles. The van der Waals surface area contributed by atoms with Crippen LogP contribution in [0.2, 0.25) is 0 Å². The summed E-state index contributed by atoms with van der Waals surface area (Å²) in [6.45, 7) is 22.1. The number of hydrogen-bond acceptors (Lipinski definition) is 1. The molecule has 27 heavy (non-hydrogen) atoms. The summed E-state index contributed by atoms with van der Waals surface area (Å²) in [4.78, 5) is 2.35. The highest BCUT2D eigenvalue weighted by Gasteiger charge is 2.31. The van der Waals surface area contributed by atoms with Gasteiger partial charge in [0.15, 0.2) is 0 Å². The lowest BCUT2D eigenvalue weighted by Gasteiger charge is -2.40.